The molecule has 24 heavy (non-hydrogen) atoms. The first-order valence-electron chi connectivity index (χ1n) is 8.68. The lowest BCUT2D eigenvalue weighted by atomic mass is 9.89. The highest BCUT2D eigenvalue weighted by atomic mass is 32.2. The van der Waals surface area contributed by atoms with E-state index in [1.54, 1.807) is 11.8 Å². The molecule has 0 heterocycles. The molecule has 0 saturated heterocycles. The molecule has 126 valence electrons. The maximum atomic E-state index is 12.2. The summed E-state index contributed by atoms with van der Waals surface area (Å²) in [6, 6.07) is 18.0. The average Bonchev–Trinajstić information content (AvgIpc) is 2.63. The van der Waals surface area contributed by atoms with Crippen molar-refractivity contribution in [2.75, 3.05) is 11.9 Å². The van der Waals surface area contributed by atoms with Gasteiger partial charge in [0.2, 0.25) is 0 Å². The van der Waals surface area contributed by atoms with Gasteiger partial charge in [-0.15, -0.1) is 0 Å². The number of rotatable bonds is 5. The normalized spacial score (nSPS) is 15.0. The van der Waals surface area contributed by atoms with E-state index in [1.807, 2.05) is 42.5 Å². The molecule has 0 aromatic heterocycles. The molecule has 2 aromatic carbocycles. The van der Waals surface area contributed by atoms with E-state index in [1.165, 1.54) is 32.1 Å². The number of benzene rings is 2. The van der Waals surface area contributed by atoms with Crippen LogP contribution >= 0.6 is 11.8 Å². The Bertz CT molecular complexity index is 654. The molecule has 0 bridgehead atoms. The second-order valence-electron chi connectivity index (χ2n) is 6.25. The molecule has 2 N–H and O–H groups in total. The molecule has 2 aromatic rings. The number of para-hydroxylation sites is 1. The van der Waals surface area contributed by atoms with E-state index in [0.717, 1.165) is 22.0 Å². The fourth-order valence-electron chi connectivity index (χ4n) is 3.07. The molecule has 0 unspecified atom stereocenters. The number of hydrogen-bond donors (Lipinski definition) is 2. The van der Waals surface area contributed by atoms with Crippen LogP contribution < -0.4 is 10.6 Å². The highest BCUT2D eigenvalue weighted by Crippen LogP contribution is 2.33. The first-order valence-corrected chi connectivity index (χ1v) is 9.50. The smallest absolute Gasteiger partial charge is 0.319 e. The maximum absolute atomic E-state index is 12.2. The molecule has 2 amide bonds. The van der Waals surface area contributed by atoms with Crippen LogP contribution in [0.1, 0.15) is 32.1 Å². The van der Waals surface area contributed by atoms with Gasteiger partial charge in [0.15, 0.2) is 0 Å². The molecule has 0 aliphatic heterocycles. The zero-order valence-corrected chi connectivity index (χ0v) is 14.6. The van der Waals surface area contributed by atoms with Crippen molar-refractivity contribution in [2.45, 2.75) is 41.9 Å². The van der Waals surface area contributed by atoms with E-state index >= 15 is 0 Å². The van der Waals surface area contributed by atoms with Crippen LogP contribution in [-0.4, -0.2) is 12.6 Å². The first-order chi connectivity index (χ1) is 11.8. The van der Waals surface area contributed by atoms with Crippen LogP contribution in [0.5, 0.6) is 0 Å². The molecule has 0 spiro atoms. The maximum Gasteiger partial charge on any atom is 0.319 e. The fraction of sp³-hybridized carbons (Fsp3) is 0.350. The van der Waals surface area contributed by atoms with Gasteiger partial charge >= 0.3 is 6.03 Å². The summed E-state index contributed by atoms with van der Waals surface area (Å²) >= 11 is 1.66. The molecule has 1 saturated carbocycles. The summed E-state index contributed by atoms with van der Waals surface area (Å²) in [6.45, 7) is 0.778. The zero-order valence-electron chi connectivity index (χ0n) is 13.8. The summed E-state index contributed by atoms with van der Waals surface area (Å²) in [5, 5.41) is 6.03. The van der Waals surface area contributed by atoms with Crippen molar-refractivity contribution in [3.05, 3.63) is 54.6 Å². The summed E-state index contributed by atoms with van der Waals surface area (Å²) in [6.07, 6.45) is 6.41. The van der Waals surface area contributed by atoms with Crippen molar-refractivity contribution in [1.82, 2.24) is 5.32 Å². The third kappa shape index (κ3) is 5.03. The zero-order chi connectivity index (χ0) is 16.6. The van der Waals surface area contributed by atoms with E-state index in [9.17, 15) is 4.79 Å². The van der Waals surface area contributed by atoms with Gasteiger partial charge in [-0.1, -0.05) is 61.4 Å². The summed E-state index contributed by atoms with van der Waals surface area (Å²) < 4.78 is 0. The summed E-state index contributed by atoms with van der Waals surface area (Å²) in [5.41, 5.74) is 0.854. The Hall–Kier alpha value is -1.94. The molecule has 1 aliphatic rings. The van der Waals surface area contributed by atoms with Gasteiger partial charge in [0, 0.05) is 16.3 Å². The molecule has 0 atom stereocenters. The number of amides is 2. The largest absolute Gasteiger partial charge is 0.338 e. The number of nitrogens with one attached hydrogen (secondary N) is 2. The van der Waals surface area contributed by atoms with Gasteiger partial charge in [0.1, 0.15) is 0 Å². The minimum Gasteiger partial charge on any atom is -0.338 e. The number of anilines is 1. The Morgan fingerprint density at radius 3 is 2.46 bits per heavy atom. The van der Waals surface area contributed by atoms with E-state index in [-0.39, 0.29) is 6.03 Å². The van der Waals surface area contributed by atoms with Crippen molar-refractivity contribution in [2.24, 2.45) is 5.92 Å². The number of carbonyl (C=O) groups excluding carboxylic acids is 1. The fourth-order valence-corrected chi connectivity index (χ4v) is 3.99. The standard InChI is InChI=1S/C20H24N2OS/c23-20(21-15-16-9-3-1-4-10-16)22-18-13-7-8-14-19(18)24-17-11-5-2-6-12-17/h2,5-8,11-14,16H,1,3-4,9-10,15H2,(H2,21,22,23). The van der Waals surface area contributed by atoms with Crippen LogP contribution in [0.25, 0.3) is 0 Å². The number of carbonyl (C=O) groups is 1. The van der Waals surface area contributed by atoms with Crippen molar-refractivity contribution in [3.8, 4) is 0 Å². The minimum absolute atomic E-state index is 0.110. The number of hydrogen-bond acceptors (Lipinski definition) is 2. The van der Waals surface area contributed by atoms with Crippen LogP contribution in [0.3, 0.4) is 0 Å². The first kappa shape index (κ1) is 16.9. The predicted molar refractivity (Wildman–Crippen MR) is 101 cm³/mol. The van der Waals surface area contributed by atoms with Crippen LogP contribution in [0.2, 0.25) is 0 Å². The Morgan fingerprint density at radius 1 is 0.958 bits per heavy atom. The average molecular weight is 340 g/mol. The van der Waals surface area contributed by atoms with Crippen LogP contribution in [-0.2, 0) is 0 Å². The SMILES string of the molecule is O=C(NCC1CCCCC1)Nc1ccccc1Sc1ccccc1. The van der Waals surface area contributed by atoms with E-state index in [2.05, 4.69) is 22.8 Å². The Morgan fingerprint density at radius 2 is 1.67 bits per heavy atom. The Kier molecular flexibility index (Phi) is 6.19. The van der Waals surface area contributed by atoms with Gasteiger partial charge in [-0.2, -0.15) is 0 Å². The highest BCUT2D eigenvalue weighted by Gasteiger charge is 2.14. The van der Waals surface area contributed by atoms with E-state index < -0.39 is 0 Å². The third-order valence-electron chi connectivity index (χ3n) is 4.38. The lowest BCUT2D eigenvalue weighted by Gasteiger charge is -2.22. The third-order valence-corrected chi connectivity index (χ3v) is 5.47. The van der Waals surface area contributed by atoms with Gasteiger partial charge in [-0.25, -0.2) is 4.79 Å². The van der Waals surface area contributed by atoms with Gasteiger partial charge in [0.05, 0.1) is 5.69 Å². The predicted octanol–water partition coefficient (Wildman–Crippen LogP) is 5.54. The summed E-state index contributed by atoms with van der Waals surface area (Å²) in [5.74, 6) is 0.637. The monoisotopic (exact) mass is 340 g/mol. The quantitative estimate of drug-likeness (QED) is 0.750. The summed E-state index contributed by atoms with van der Waals surface area (Å²) in [7, 11) is 0. The molecule has 4 heteroatoms. The molecule has 0 radical (unpaired) electrons. The highest BCUT2D eigenvalue weighted by molar-refractivity contribution is 7.99. The molecule has 3 nitrogen and oxygen atoms in total. The molecular weight excluding hydrogens is 316 g/mol. The van der Waals surface area contributed by atoms with Crippen molar-refractivity contribution in [3.63, 3.8) is 0 Å². The van der Waals surface area contributed by atoms with Gasteiger partial charge < -0.3 is 10.6 Å². The van der Waals surface area contributed by atoms with Gasteiger partial charge in [-0.3, -0.25) is 0 Å². The molecular formula is C20H24N2OS. The van der Waals surface area contributed by atoms with Crippen molar-refractivity contribution < 1.29 is 4.79 Å². The van der Waals surface area contributed by atoms with E-state index in [4.69, 9.17) is 0 Å². The van der Waals surface area contributed by atoms with Crippen LogP contribution in [0, 0.1) is 5.92 Å². The molecule has 1 fully saturated rings. The van der Waals surface area contributed by atoms with Crippen molar-refractivity contribution in [1.29, 1.82) is 0 Å². The summed E-state index contributed by atoms with van der Waals surface area (Å²) in [4.78, 5) is 14.4. The Balaban J connectivity index is 1.57. The van der Waals surface area contributed by atoms with E-state index in [0.29, 0.717) is 5.92 Å². The van der Waals surface area contributed by atoms with Crippen LogP contribution in [0.4, 0.5) is 10.5 Å². The Labute approximate surface area is 148 Å². The lowest BCUT2D eigenvalue weighted by molar-refractivity contribution is 0.247. The topological polar surface area (TPSA) is 41.1 Å². The van der Waals surface area contributed by atoms with Crippen molar-refractivity contribution >= 4 is 23.5 Å². The van der Waals surface area contributed by atoms with Gasteiger partial charge in [-0.05, 0) is 43.0 Å². The minimum atomic E-state index is -0.110. The molecule has 1 aliphatic carbocycles. The second-order valence-corrected chi connectivity index (χ2v) is 7.37. The van der Waals surface area contributed by atoms with Gasteiger partial charge in [0.25, 0.3) is 0 Å². The molecule has 3 rings (SSSR count). The second kappa shape index (κ2) is 8.78. The van der Waals surface area contributed by atoms with Crippen LogP contribution in [0.15, 0.2) is 64.4 Å². The number of urea groups is 1. The lowest BCUT2D eigenvalue weighted by Crippen LogP contribution is -2.33.